The molecule has 0 fully saturated rings. The number of hydrogen-bond acceptors (Lipinski definition) is 4. The molecule has 0 aliphatic rings. The molecule has 148 valence electrons. The van der Waals surface area contributed by atoms with Gasteiger partial charge >= 0.3 is 0 Å². The molecule has 1 aromatic rings. The number of carbonyl (C=O) groups is 1. The van der Waals surface area contributed by atoms with Gasteiger partial charge in [0, 0.05) is 18.7 Å². The van der Waals surface area contributed by atoms with E-state index in [-0.39, 0.29) is 23.2 Å². The smallest absolute Gasteiger partial charge is 0.254 e. The molecule has 0 aromatic heterocycles. The molecule has 5 heteroatoms. The summed E-state index contributed by atoms with van der Waals surface area (Å²) >= 11 is 0. The number of hydrogen-bond donors (Lipinski definition) is 1. The molecule has 0 spiro atoms. The second-order valence-corrected chi connectivity index (χ2v) is 6.64. The third kappa shape index (κ3) is 6.77. The Kier molecular flexibility index (Phi) is 10.6. The maximum Gasteiger partial charge on any atom is 0.254 e. The largest absolute Gasteiger partial charge is 0.502 e. The molecule has 0 atom stereocenters. The van der Waals surface area contributed by atoms with Crippen molar-refractivity contribution in [2.75, 3.05) is 27.3 Å². The van der Waals surface area contributed by atoms with Gasteiger partial charge in [-0.25, -0.2) is 0 Å². The summed E-state index contributed by atoms with van der Waals surface area (Å²) in [6.45, 7) is 5.89. The zero-order valence-electron chi connectivity index (χ0n) is 16.8. The third-order valence-corrected chi connectivity index (χ3v) is 4.58. The highest BCUT2D eigenvalue weighted by atomic mass is 16.5. The molecule has 26 heavy (non-hydrogen) atoms. The highest BCUT2D eigenvalue weighted by molar-refractivity contribution is 5.95. The Morgan fingerprint density at radius 3 is 1.73 bits per heavy atom. The number of ether oxygens (including phenoxy) is 2. The van der Waals surface area contributed by atoms with Crippen molar-refractivity contribution in [2.45, 2.75) is 65.2 Å². The first-order valence-electron chi connectivity index (χ1n) is 9.83. The second-order valence-electron chi connectivity index (χ2n) is 6.64. The molecule has 1 N–H and O–H groups in total. The lowest BCUT2D eigenvalue weighted by molar-refractivity contribution is 0.0748. The van der Waals surface area contributed by atoms with Crippen molar-refractivity contribution < 1.29 is 19.4 Å². The summed E-state index contributed by atoms with van der Waals surface area (Å²) in [6.07, 6.45) is 9.04. The highest BCUT2D eigenvalue weighted by Crippen LogP contribution is 2.37. The molecule has 0 unspecified atom stereocenters. The number of phenolic OH excluding ortho intramolecular Hbond substituents is 1. The lowest BCUT2D eigenvalue weighted by Gasteiger charge is -2.23. The predicted octanol–water partition coefficient (Wildman–Crippen LogP) is 5.01. The Morgan fingerprint density at radius 2 is 1.35 bits per heavy atom. The Balaban J connectivity index is 2.90. The van der Waals surface area contributed by atoms with Crippen LogP contribution >= 0.6 is 0 Å². The van der Waals surface area contributed by atoms with Crippen LogP contribution in [-0.2, 0) is 0 Å². The van der Waals surface area contributed by atoms with Gasteiger partial charge in [0.2, 0.25) is 5.75 Å². The van der Waals surface area contributed by atoms with Crippen LogP contribution in [0.25, 0.3) is 0 Å². The van der Waals surface area contributed by atoms with Gasteiger partial charge in [0.15, 0.2) is 11.5 Å². The summed E-state index contributed by atoms with van der Waals surface area (Å²) < 4.78 is 10.4. The molecule has 1 amide bonds. The lowest BCUT2D eigenvalue weighted by Crippen LogP contribution is -2.33. The summed E-state index contributed by atoms with van der Waals surface area (Å²) in [4.78, 5) is 15.0. The molecular formula is C21H35NO4. The molecular weight excluding hydrogens is 330 g/mol. The van der Waals surface area contributed by atoms with E-state index in [0.717, 1.165) is 38.8 Å². The van der Waals surface area contributed by atoms with Gasteiger partial charge in [-0.05, 0) is 25.0 Å². The summed E-state index contributed by atoms with van der Waals surface area (Å²) in [5.41, 5.74) is 0.488. The van der Waals surface area contributed by atoms with E-state index in [2.05, 4.69) is 13.8 Å². The quantitative estimate of drug-likeness (QED) is 0.499. The zero-order valence-corrected chi connectivity index (χ0v) is 16.8. The van der Waals surface area contributed by atoms with E-state index in [1.807, 2.05) is 4.90 Å². The van der Waals surface area contributed by atoms with Crippen LogP contribution < -0.4 is 9.47 Å². The molecule has 0 aliphatic carbocycles. The number of aromatic hydroxyl groups is 1. The van der Waals surface area contributed by atoms with Gasteiger partial charge in [0.25, 0.3) is 5.91 Å². The molecule has 0 heterocycles. The molecule has 1 rings (SSSR count). The Bertz CT molecular complexity index is 508. The lowest BCUT2D eigenvalue weighted by atomic mass is 10.1. The Hall–Kier alpha value is -1.91. The number of benzene rings is 1. The van der Waals surface area contributed by atoms with E-state index in [4.69, 9.17) is 9.47 Å². The van der Waals surface area contributed by atoms with Crippen LogP contribution in [0.2, 0.25) is 0 Å². The van der Waals surface area contributed by atoms with Gasteiger partial charge in [-0.3, -0.25) is 4.79 Å². The predicted molar refractivity (Wildman–Crippen MR) is 105 cm³/mol. The number of nitrogens with zero attached hydrogens (tertiary/aromatic N) is 1. The van der Waals surface area contributed by atoms with Crippen LogP contribution in [0.1, 0.15) is 75.6 Å². The number of carbonyl (C=O) groups excluding carboxylic acids is 1. The van der Waals surface area contributed by atoms with Crippen molar-refractivity contribution in [2.24, 2.45) is 0 Å². The van der Waals surface area contributed by atoms with Gasteiger partial charge in [-0.2, -0.15) is 0 Å². The van der Waals surface area contributed by atoms with Crippen molar-refractivity contribution in [3.05, 3.63) is 17.7 Å². The van der Waals surface area contributed by atoms with Crippen molar-refractivity contribution in [1.82, 2.24) is 4.90 Å². The van der Waals surface area contributed by atoms with Crippen LogP contribution in [0.4, 0.5) is 0 Å². The first kappa shape index (κ1) is 22.1. The molecule has 5 nitrogen and oxygen atoms in total. The van der Waals surface area contributed by atoms with Gasteiger partial charge in [-0.1, -0.05) is 52.4 Å². The van der Waals surface area contributed by atoms with Crippen LogP contribution in [0, 0.1) is 0 Å². The molecule has 0 radical (unpaired) electrons. The van der Waals surface area contributed by atoms with Crippen LogP contribution in [0.3, 0.4) is 0 Å². The topological polar surface area (TPSA) is 59.0 Å². The maximum atomic E-state index is 13.1. The minimum atomic E-state index is -0.0796. The van der Waals surface area contributed by atoms with E-state index in [9.17, 15) is 9.90 Å². The minimum absolute atomic E-state index is 0.0328. The van der Waals surface area contributed by atoms with Crippen molar-refractivity contribution in [1.29, 1.82) is 0 Å². The van der Waals surface area contributed by atoms with Gasteiger partial charge in [0.05, 0.1) is 14.2 Å². The number of amides is 1. The van der Waals surface area contributed by atoms with E-state index < -0.39 is 0 Å². The molecule has 1 aromatic carbocycles. The van der Waals surface area contributed by atoms with Gasteiger partial charge < -0.3 is 19.5 Å². The minimum Gasteiger partial charge on any atom is -0.502 e. The fourth-order valence-corrected chi connectivity index (χ4v) is 2.97. The normalized spacial score (nSPS) is 10.6. The Labute approximate surface area is 158 Å². The van der Waals surface area contributed by atoms with Crippen molar-refractivity contribution in [3.63, 3.8) is 0 Å². The van der Waals surface area contributed by atoms with Crippen molar-refractivity contribution >= 4 is 5.91 Å². The summed E-state index contributed by atoms with van der Waals surface area (Å²) in [6, 6.07) is 3.18. The molecule has 0 aliphatic heterocycles. The van der Waals surface area contributed by atoms with E-state index in [1.165, 1.54) is 39.9 Å². The van der Waals surface area contributed by atoms with Crippen LogP contribution in [0.5, 0.6) is 17.2 Å². The van der Waals surface area contributed by atoms with Crippen molar-refractivity contribution in [3.8, 4) is 17.2 Å². The number of unbranched alkanes of at least 4 members (excludes halogenated alkanes) is 6. The van der Waals surface area contributed by atoms with Crippen LogP contribution in [-0.4, -0.2) is 43.2 Å². The first-order chi connectivity index (χ1) is 12.6. The fraction of sp³-hybridized carbons (Fsp3) is 0.667. The Morgan fingerprint density at radius 1 is 0.885 bits per heavy atom. The summed E-state index contributed by atoms with van der Waals surface area (Å²) in [5, 5.41) is 10.1. The second kappa shape index (κ2) is 12.4. The van der Waals surface area contributed by atoms with E-state index >= 15 is 0 Å². The van der Waals surface area contributed by atoms with E-state index in [0.29, 0.717) is 5.56 Å². The SMILES string of the molecule is CCCCCCN(CCCCCC)C(=O)c1cc(OC)c(O)c(OC)c1. The van der Waals surface area contributed by atoms with E-state index in [1.54, 1.807) is 12.1 Å². The van der Waals surface area contributed by atoms with Crippen LogP contribution in [0.15, 0.2) is 12.1 Å². The van der Waals surface area contributed by atoms with Gasteiger partial charge in [-0.15, -0.1) is 0 Å². The maximum absolute atomic E-state index is 13.1. The number of phenols is 1. The highest BCUT2D eigenvalue weighted by Gasteiger charge is 2.20. The average molecular weight is 366 g/mol. The number of methoxy groups -OCH3 is 2. The fourth-order valence-electron chi connectivity index (χ4n) is 2.97. The first-order valence-corrected chi connectivity index (χ1v) is 9.83. The third-order valence-electron chi connectivity index (χ3n) is 4.58. The molecule has 0 bridgehead atoms. The standard InChI is InChI=1S/C21H35NO4/c1-5-7-9-11-13-22(14-12-10-8-6-2)21(24)17-15-18(25-3)20(23)19(16-17)26-4/h15-16,23H,5-14H2,1-4H3. The summed E-state index contributed by atoms with van der Waals surface area (Å²) in [5.74, 6) is 0.396. The molecule has 0 saturated carbocycles. The molecule has 0 saturated heterocycles. The number of rotatable bonds is 13. The monoisotopic (exact) mass is 365 g/mol. The average Bonchev–Trinajstić information content (AvgIpc) is 2.66. The van der Waals surface area contributed by atoms with Gasteiger partial charge in [0.1, 0.15) is 0 Å². The zero-order chi connectivity index (χ0) is 19.4. The summed E-state index contributed by atoms with van der Waals surface area (Å²) in [7, 11) is 2.94.